The van der Waals surface area contributed by atoms with Crippen LogP contribution in [0.5, 0.6) is 0 Å². The normalized spacial score (nSPS) is 12.2. The summed E-state index contributed by atoms with van der Waals surface area (Å²) in [6, 6.07) is 7.48. The predicted molar refractivity (Wildman–Crippen MR) is 113 cm³/mol. The lowest BCUT2D eigenvalue weighted by Crippen LogP contribution is -2.22. The number of amides is 1. The molecular weight excluding hydrogens is 444 g/mol. The second-order valence-electron chi connectivity index (χ2n) is 8.04. The summed E-state index contributed by atoms with van der Waals surface area (Å²) in [6.45, 7) is 7.24. The van der Waals surface area contributed by atoms with E-state index in [1.807, 2.05) is 20.8 Å². The molecule has 2 heterocycles. The fourth-order valence-electron chi connectivity index (χ4n) is 2.84. The molecule has 3 rings (SSSR count). The average Bonchev–Trinajstić information content (AvgIpc) is 3.11. The zero-order valence-corrected chi connectivity index (χ0v) is 18.5. The van der Waals surface area contributed by atoms with Crippen molar-refractivity contribution < 1.29 is 22.0 Å². The minimum absolute atomic E-state index is 0.0225. The van der Waals surface area contributed by atoms with Crippen molar-refractivity contribution in [1.82, 2.24) is 19.7 Å². The molecule has 2 aromatic heterocycles. The van der Waals surface area contributed by atoms with Crippen molar-refractivity contribution in [2.24, 2.45) is 0 Å². The minimum Gasteiger partial charge on any atom is -0.306 e. The van der Waals surface area contributed by atoms with Gasteiger partial charge in [-0.3, -0.25) is 14.6 Å². The number of alkyl halides is 2. The lowest BCUT2D eigenvalue weighted by molar-refractivity contribution is 0.102. The van der Waals surface area contributed by atoms with Gasteiger partial charge in [-0.25, -0.2) is 13.4 Å². The first-order valence-electron chi connectivity index (χ1n) is 9.42. The Labute approximate surface area is 182 Å². The maximum absolute atomic E-state index is 13.1. The highest BCUT2D eigenvalue weighted by Gasteiger charge is 2.31. The highest BCUT2D eigenvalue weighted by Crippen LogP contribution is 2.27. The maximum atomic E-state index is 13.1. The molecule has 0 atom stereocenters. The SMILES string of the molecule is Cc1cc(=O)[nH]c(-n2nc(C(C)(C)C)cc2NC(=O)c2ccccc2S(=O)(=O)C(F)F)n1. The molecule has 3 aromatic rings. The van der Waals surface area contributed by atoms with E-state index in [1.165, 1.54) is 28.9 Å². The van der Waals surface area contributed by atoms with Crippen molar-refractivity contribution in [2.75, 3.05) is 5.32 Å². The molecule has 12 heteroatoms. The summed E-state index contributed by atoms with van der Waals surface area (Å²) in [4.78, 5) is 30.8. The lowest BCUT2D eigenvalue weighted by atomic mass is 9.92. The molecule has 2 N–H and O–H groups in total. The molecule has 0 aliphatic rings. The van der Waals surface area contributed by atoms with Crippen LogP contribution in [0.2, 0.25) is 0 Å². The number of aromatic amines is 1. The molecule has 9 nitrogen and oxygen atoms in total. The summed E-state index contributed by atoms with van der Waals surface area (Å²) in [6.07, 6.45) is 0. The van der Waals surface area contributed by atoms with Gasteiger partial charge in [-0.15, -0.1) is 0 Å². The number of benzene rings is 1. The van der Waals surface area contributed by atoms with Crippen LogP contribution in [-0.2, 0) is 15.3 Å². The Morgan fingerprint density at radius 2 is 1.84 bits per heavy atom. The minimum atomic E-state index is -5.01. The topological polar surface area (TPSA) is 127 Å². The first-order valence-corrected chi connectivity index (χ1v) is 11.0. The Morgan fingerprint density at radius 1 is 1.19 bits per heavy atom. The second-order valence-corrected chi connectivity index (χ2v) is 9.93. The van der Waals surface area contributed by atoms with Crippen molar-refractivity contribution in [3.8, 4) is 5.95 Å². The molecule has 0 saturated heterocycles. The average molecular weight is 465 g/mol. The number of sulfone groups is 1. The number of hydrogen-bond donors (Lipinski definition) is 2. The molecule has 0 fully saturated rings. The van der Waals surface area contributed by atoms with E-state index in [9.17, 15) is 26.8 Å². The summed E-state index contributed by atoms with van der Waals surface area (Å²) in [7, 11) is -5.01. The van der Waals surface area contributed by atoms with Gasteiger partial charge in [0.05, 0.1) is 16.2 Å². The quantitative estimate of drug-likeness (QED) is 0.597. The fraction of sp³-hybridized carbons (Fsp3) is 0.300. The van der Waals surface area contributed by atoms with Gasteiger partial charge in [-0.05, 0) is 19.1 Å². The van der Waals surface area contributed by atoms with Gasteiger partial charge in [0.1, 0.15) is 5.82 Å². The van der Waals surface area contributed by atoms with E-state index < -0.39 is 42.9 Å². The van der Waals surface area contributed by atoms with Crippen LogP contribution < -0.4 is 10.9 Å². The fourth-order valence-corrected chi connectivity index (χ4v) is 3.77. The van der Waals surface area contributed by atoms with E-state index >= 15 is 0 Å². The van der Waals surface area contributed by atoms with Crippen LogP contribution in [0.15, 0.2) is 46.1 Å². The molecule has 0 spiro atoms. The standard InChI is InChI=1S/C20H21F2N5O4S/c1-11-9-16(28)25-19(23-11)27-15(10-14(26-27)20(2,3)4)24-17(29)12-7-5-6-8-13(12)32(30,31)18(21)22/h5-10,18H,1-4H3,(H,24,29)(H,23,25,28). The molecule has 170 valence electrons. The number of anilines is 1. The molecule has 0 unspecified atom stereocenters. The number of hydrogen-bond acceptors (Lipinski definition) is 6. The number of aryl methyl sites for hydroxylation is 1. The zero-order valence-electron chi connectivity index (χ0n) is 17.7. The van der Waals surface area contributed by atoms with Gasteiger partial charge >= 0.3 is 5.76 Å². The largest absolute Gasteiger partial charge is 0.341 e. The van der Waals surface area contributed by atoms with Gasteiger partial charge in [0.2, 0.25) is 15.8 Å². The van der Waals surface area contributed by atoms with Crippen molar-refractivity contribution in [1.29, 1.82) is 0 Å². The van der Waals surface area contributed by atoms with E-state index in [1.54, 1.807) is 6.92 Å². The van der Waals surface area contributed by atoms with Gasteiger partial charge in [0, 0.05) is 23.2 Å². The highest BCUT2D eigenvalue weighted by molar-refractivity contribution is 7.91. The van der Waals surface area contributed by atoms with Crippen LogP contribution in [-0.4, -0.2) is 39.8 Å². The van der Waals surface area contributed by atoms with Crippen LogP contribution in [0.4, 0.5) is 14.6 Å². The van der Waals surface area contributed by atoms with E-state index in [0.29, 0.717) is 11.4 Å². The summed E-state index contributed by atoms with van der Waals surface area (Å²) in [5.41, 5.74) is -0.409. The van der Waals surface area contributed by atoms with E-state index in [-0.39, 0.29) is 11.8 Å². The number of H-pyrrole nitrogens is 1. The first kappa shape index (κ1) is 23.3. The monoisotopic (exact) mass is 465 g/mol. The Kier molecular flexibility index (Phi) is 6.00. The second kappa shape index (κ2) is 8.26. The van der Waals surface area contributed by atoms with Crippen LogP contribution in [0.1, 0.15) is 42.5 Å². The third kappa shape index (κ3) is 4.59. The van der Waals surface area contributed by atoms with Crippen molar-refractivity contribution in [3.63, 3.8) is 0 Å². The molecule has 32 heavy (non-hydrogen) atoms. The molecule has 0 aliphatic carbocycles. The molecule has 1 aromatic carbocycles. The van der Waals surface area contributed by atoms with Crippen molar-refractivity contribution in [3.05, 3.63) is 63.7 Å². The first-order chi connectivity index (χ1) is 14.8. The molecule has 0 aliphatic heterocycles. The number of carbonyl (C=O) groups is 1. The van der Waals surface area contributed by atoms with Gasteiger partial charge in [-0.2, -0.15) is 18.6 Å². The Morgan fingerprint density at radius 3 is 2.44 bits per heavy atom. The Balaban J connectivity index is 2.11. The predicted octanol–water partition coefficient (Wildman–Crippen LogP) is 2.81. The van der Waals surface area contributed by atoms with E-state index in [2.05, 4.69) is 20.4 Å². The van der Waals surface area contributed by atoms with E-state index in [0.717, 1.165) is 12.1 Å². The zero-order chi connectivity index (χ0) is 23.8. The molecule has 0 bridgehead atoms. The number of carbonyl (C=O) groups excluding carboxylic acids is 1. The highest BCUT2D eigenvalue weighted by atomic mass is 32.2. The summed E-state index contributed by atoms with van der Waals surface area (Å²) >= 11 is 0. The molecular formula is C20H21F2N5O4S. The number of nitrogens with one attached hydrogen (secondary N) is 2. The van der Waals surface area contributed by atoms with Gasteiger partial charge in [-0.1, -0.05) is 32.9 Å². The van der Waals surface area contributed by atoms with Crippen molar-refractivity contribution in [2.45, 2.75) is 43.8 Å². The van der Waals surface area contributed by atoms with E-state index in [4.69, 9.17) is 0 Å². The third-order valence-electron chi connectivity index (χ3n) is 4.45. The van der Waals surface area contributed by atoms with Crippen LogP contribution in [0, 0.1) is 6.92 Å². The van der Waals surface area contributed by atoms with Crippen LogP contribution >= 0.6 is 0 Å². The summed E-state index contributed by atoms with van der Waals surface area (Å²) in [5.74, 6) is -4.54. The van der Waals surface area contributed by atoms with Crippen LogP contribution in [0.25, 0.3) is 5.95 Å². The van der Waals surface area contributed by atoms with Gasteiger partial charge in [0.15, 0.2) is 0 Å². The summed E-state index contributed by atoms with van der Waals surface area (Å²) < 4.78 is 51.4. The number of nitrogens with zero attached hydrogens (tertiary/aromatic N) is 3. The Hall–Kier alpha value is -3.41. The number of aromatic nitrogens is 4. The Bertz CT molecular complexity index is 1340. The van der Waals surface area contributed by atoms with Crippen molar-refractivity contribution >= 4 is 21.6 Å². The maximum Gasteiger partial charge on any atom is 0.341 e. The van der Waals surface area contributed by atoms with Gasteiger partial charge in [0.25, 0.3) is 11.5 Å². The third-order valence-corrected chi connectivity index (χ3v) is 5.89. The van der Waals surface area contributed by atoms with Gasteiger partial charge < -0.3 is 5.32 Å². The number of rotatable bonds is 5. The smallest absolute Gasteiger partial charge is 0.306 e. The molecule has 0 radical (unpaired) electrons. The molecule has 0 saturated carbocycles. The lowest BCUT2D eigenvalue weighted by Gasteiger charge is -2.13. The molecule has 1 amide bonds. The summed E-state index contributed by atoms with van der Waals surface area (Å²) in [5, 5.41) is 6.91. The number of halogens is 2. The van der Waals surface area contributed by atoms with Crippen LogP contribution in [0.3, 0.4) is 0 Å².